The zero-order valence-electron chi connectivity index (χ0n) is 7.77. The number of rotatable bonds is 3. The predicted molar refractivity (Wildman–Crippen MR) is 51.2 cm³/mol. The van der Waals surface area contributed by atoms with Crippen molar-refractivity contribution in [3.05, 3.63) is 24.4 Å². The van der Waals surface area contributed by atoms with Crippen LogP contribution in [0.1, 0.15) is 20.3 Å². The van der Waals surface area contributed by atoms with Crippen LogP contribution in [0.2, 0.25) is 0 Å². The Morgan fingerprint density at radius 1 is 1.46 bits per heavy atom. The fraction of sp³-hybridized carbons (Fsp3) is 0.444. The molecule has 1 atom stereocenters. The molecule has 1 rings (SSSR count). The minimum absolute atomic E-state index is 0.171. The first-order valence-corrected chi connectivity index (χ1v) is 5.78. The highest BCUT2D eigenvalue weighted by Crippen LogP contribution is 2.14. The SMILES string of the molecule is CCC(C)S(=O)(=O)c1ccccn1. The fourth-order valence-electron chi connectivity index (χ4n) is 0.941. The number of sulfone groups is 1. The van der Waals surface area contributed by atoms with E-state index in [9.17, 15) is 8.42 Å². The highest BCUT2D eigenvalue weighted by Gasteiger charge is 2.22. The van der Waals surface area contributed by atoms with E-state index in [-0.39, 0.29) is 10.3 Å². The molecule has 4 heteroatoms. The maximum absolute atomic E-state index is 11.7. The van der Waals surface area contributed by atoms with Crippen LogP contribution in [-0.4, -0.2) is 18.7 Å². The van der Waals surface area contributed by atoms with E-state index in [1.807, 2.05) is 6.92 Å². The summed E-state index contributed by atoms with van der Waals surface area (Å²) < 4.78 is 23.4. The van der Waals surface area contributed by atoms with E-state index in [2.05, 4.69) is 4.98 Å². The van der Waals surface area contributed by atoms with E-state index in [1.54, 1.807) is 19.1 Å². The third-order valence-corrected chi connectivity index (χ3v) is 4.25. The lowest BCUT2D eigenvalue weighted by atomic mass is 10.4. The number of pyridine rings is 1. The van der Waals surface area contributed by atoms with Gasteiger partial charge < -0.3 is 0 Å². The minimum Gasteiger partial charge on any atom is -0.245 e. The van der Waals surface area contributed by atoms with Gasteiger partial charge in [-0.25, -0.2) is 13.4 Å². The standard InChI is InChI=1S/C9H13NO2S/c1-3-8(2)13(11,12)9-6-4-5-7-10-9/h4-8H,3H2,1-2H3. The lowest BCUT2D eigenvalue weighted by Crippen LogP contribution is -2.17. The zero-order valence-corrected chi connectivity index (χ0v) is 8.58. The van der Waals surface area contributed by atoms with Crippen LogP contribution in [0.25, 0.3) is 0 Å². The Morgan fingerprint density at radius 3 is 2.62 bits per heavy atom. The van der Waals surface area contributed by atoms with Gasteiger partial charge in [-0.05, 0) is 25.5 Å². The summed E-state index contributed by atoms with van der Waals surface area (Å²) in [4.78, 5) is 3.83. The van der Waals surface area contributed by atoms with Crippen molar-refractivity contribution >= 4 is 9.84 Å². The second kappa shape index (κ2) is 3.87. The molecule has 0 aliphatic rings. The molecule has 0 bridgehead atoms. The van der Waals surface area contributed by atoms with Crippen LogP contribution in [0.15, 0.2) is 29.4 Å². The van der Waals surface area contributed by atoms with Crippen LogP contribution < -0.4 is 0 Å². The molecule has 0 fully saturated rings. The lowest BCUT2D eigenvalue weighted by Gasteiger charge is -2.08. The molecule has 1 unspecified atom stereocenters. The Kier molecular flexibility index (Phi) is 3.03. The van der Waals surface area contributed by atoms with E-state index in [0.29, 0.717) is 6.42 Å². The summed E-state index contributed by atoms with van der Waals surface area (Å²) in [6, 6.07) is 4.92. The van der Waals surface area contributed by atoms with E-state index in [4.69, 9.17) is 0 Å². The van der Waals surface area contributed by atoms with Gasteiger partial charge in [0.15, 0.2) is 14.9 Å². The van der Waals surface area contributed by atoms with Crippen LogP contribution in [0, 0.1) is 0 Å². The predicted octanol–water partition coefficient (Wildman–Crippen LogP) is 1.65. The van der Waals surface area contributed by atoms with Gasteiger partial charge in [0.25, 0.3) is 0 Å². The summed E-state index contributed by atoms with van der Waals surface area (Å²) in [6.07, 6.45) is 2.11. The Morgan fingerprint density at radius 2 is 2.15 bits per heavy atom. The van der Waals surface area contributed by atoms with Gasteiger partial charge in [0.05, 0.1) is 5.25 Å². The van der Waals surface area contributed by atoms with Gasteiger partial charge in [0.1, 0.15) is 0 Å². The summed E-state index contributed by atoms with van der Waals surface area (Å²) in [5.41, 5.74) is 0. The Hall–Kier alpha value is -0.900. The molecule has 1 aromatic rings. The molecule has 1 heterocycles. The second-order valence-corrected chi connectivity index (χ2v) is 5.24. The van der Waals surface area contributed by atoms with Gasteiger partial charge in [-0.15, -0.1) is 0 Å². The minimum atomic E-state index is -3.20. The molecule has 0 amide bonds. The van der Waals surface area contributed by atoms with Crippen molar-refractivity contribution < 1.29 is 8.42 Å². The smallest absolute Gasteiger partial charge is 0.198 e. The quantitative estimate of drug-likeness (QED) is 0.743. The van der Waals surface area contributed by atoms with Crippen molar-refractivity contribution in [2.24, 2.45) is 0 Å². The van der Waals surface area contributed by atoms with Crippen molar-refractivity contribution in [1.82, 2.24) is 4.98 Å². The summed E-state index contributed by atoms with van der Waals surface area (Å²) in [7, 11) is -3.20. The van der Waals surface area contributed by atoms with Crippen LogP contribution in [0.5, 0.6) is 0 Å². The van der Waals surface area contributed by atoms with Gasteiger partial charge >= 0.3 is 0 Å². The van der Waals surface area contributed by atoms with Gasteiger partial charge in [-0.2, -0.15) is 0 Å². The number of hydrogen-bond acceptors (Lipinski definition) is 3. The molecule has 0 saturated heterocycles. The van der Waals surface area contributed by atoms with Crippen molar-refractivity contribution in [3.63, 3.8) is 0 Å². The van der Waals surface area contributed by atoms with E-state index in [0.717, 1.165) is 0 Å². The molecule has 3 nitrogen and oxygen atoms in total. The van der Waals surface area contributed by atoms with Crippen molar-refractivity contribution in [1.29, 1.82) is 0 Å². The zero-order chi connectivity index (χ0) is 9.90. The first-order valence-electron chi connectivity index (χ1n) is 4.24. The van der Waals surface area contributed by atoms with Gasteiger partial charge in [-0.3, -0.25) is 0 Å². The Balaban J connectivity index is 3.09. The second-order valence-electron chi connectivity index (χ2n) is 2.93. The molecule has 0 radical (unpaired) electrons. The molecule has 0 N–H and O–H groups in total. The van der Waals surface area contributed by atoms with Crippen LogP contribution in [0.3, 0.4) is 0 Å². The molecule has 0 spiro atoms. The van der Waals surface area contributed by atoms with E-state index >= 15 is 0 Å². The van der Waals surface area contributed by atoms with Crippen LogP contribution in [0.4, 0.5) is 0 Å². The van der Waals surface area contributed by atoms with Crippen LogP contribution in [-0.2, 0) is 9.84 Å². The average molecular weight is 199 g/mol. The molecule has 1 aromatic heterocycles. The highest BCUT2D eigenvalue weighted by atomic mass is 32.2. The summed E-state index contributed by atoms with van der Waals surface area (Å²) in [5, 5.41) is -0.188. The summed E-state index contributed by atoms with van der Waals surface area (Å²) in [5.74, 6) is 0. The fourth-order valence-corrected chi connectivity index (χ4v) is 2.27. The summed E-state index contributed by atoms with van der Waals surface area (Å²) in [6.45, 7) is 3.55. The van der Waals surface area contributed by atoms with Crippen molar-refractivity contribution in [2.45, 2.75) is 30.5 Å². The van der Waals surface area contributed by atoms with Gasteiger partial charge in [-0.1, -0.05) is 13.0 Å². The molecule has 0 aliphatic carbocycles. The number of hydrogen-bond donors (Lipinski definition) is 0. The Labute approximate surface area is 78.7 Å². The topological polar surface area (TPSA) is 47.0 Å². The first-order chi connectivity index (χ1) is 6.09. The Bertz CT molecular complexity index is 358. The van der Waals surface area contributed by atoms with E-state index in [1.165, 1.54) is 12.3 Å². The largest absolute Gasteiger partial charge is 0.245 e. The van der Waals surface area contributed by atoms with Crippen molar-refractivity contribution in [3.8, 4) is 0 Å². The molecular weight excluding hydrogens is 186 g/mol. The monoisotopic (exact) mass is 199 g/mol. The first kappa shape index (κ1) is 10.2. The molecule has 0 saturated carbocycles. The molecule has 0 aromatic carbocycles. The maximum atomic E-state index is 11.7. The molecule has 72 valence electrons. The number of aromatic nitrogens is 1. The average Bonchev–Trinajstić information content (AvgIpc) is 2.18. The van der Waals surface area contributed by atoms with Gasteiger partial charge in [0.2, 0.25) is 0 Å². The van der Waals surface area contributed by atoms with Gasteiger partial charge in [0, 0.05) is 6.20 Å². The number of nitrogens with zero attached hydrogens (tertiary/aromatic N) is 1. The van der Waals surface area contributed by atoms with E-state index < -0.39 is 9.84 Å². The third kappa shape index (κ3) is 2.06. The normalized spacial score (nSPS) is 14.0. The summed E-state index contributed by atoms with van der Waals surface area (Å²) >= 11 is 0. The van der Waals surface area contributed by atoms with Crippen molar-refractivity contribution in [2.75, 3.05) is 0 Å². The molecule has 0 aliphatic heterocycles. The molecule has 13 heavy (non-hydrogen) atoms. The molecular formula is C9H13NO2S. The highest BCUT2D eigenvalue weighted by molar-refractivity contribution is 7.92. The third-order valence-electron chi connectivity index (χ3n) is 2.03. The lowest BCUT2D eigenvalue weighted by molar-refractivity contribution is 0.577. The maximum Gasteiger partial charge on any atom is 0.198 e. The van der Waals surface area contributed by atoms with Crippen LogP contribution >= 0.6 is 0 Å².